The van der Waals surface area contributed by atoms with Gasteiger partial charge in [-0.3, -0.25) is 4.79 Å². The van der Waals surface area contributed by atoms with Crippen LogP contribution in [0.5, 0.6) is 0 Å². The number of fused-ring (bicyclic) bond motifs is 1. The lowest BCUT2D eigenvalue weighted by Gasteiger charge is -2.45. The number of carbonyl (C=O) groups is 1. The van der Waals surface area contributed by atoms with Crippen molar-refractivity contribution in [1.29, 1.82) is 0 Å². The number of nitrogens with two attached hydrogens (primary N) is 1. The minimum atomic E-state index is 0.175. The van der Waals surface area contributed by atoms with Gasteiger partial charge >= 0.3 is 0 Å². The zero-order valence-electron chi connectivity index (χ0n) is 17.8. The average Bonchev–Trinajstić information content (AvgIpc) is 2.89. The number of nitrogens with zero attached hydrogens (tertiary/aromatic N) is 2. The van der Waals surface area contributed by atoms with Gasteiger partial charge in [0.25, 0.3) is 0 Å². The maximum atomic E-state index is 13.0. The number of benzene rings is 1. The maximum absolute atomic E-state index is 13.0. The van der Waals surface area contributed by atoms with Gasteiger partial charge in [-0.25, -0.2) is 0 Å². The first kappa shape index (κ1) is 20.8. The summed E-state index contributed by atoms with van der Waals surface area (Å²) >= 11 is 0. The van der Waals surface area contributed by atoms with Gasteiger partial charge in [-0.05, 0) is 68.7 Å². The molecule has 0 radical (unpaired) electrons. The van der Waals surface area contributed by atoms with E-state index in [0.717, 1.165) is 51.6 Å². The Bertz CT molecular complexity index is 688. The lowest BCUT2D eigenvalue weighted by atomic mass is 9.74. The Labute approximate surface area is 175 Å². The molecule has 0 bridgehead atoms. The summed E-state index contributed by atoms with van der Waals surface area (Å²) in [4.78, 5) is 17.8. The van der Waals surface area contributed by atoms with E-state index in [9.17, 15) is 4.79 Å². The summed E-state index contributed by atoms with van der Waals surface area (Å²) in [6, 6.07) is 8.75. The fourth-order valence-electron chi connectivity index (χ4n) is 5.63. The zero-order valence-corrected chi connectivity index (χ0v) is 17.8. The molecular weight excluding hydrogens is 362 g/mol. The molecule has 5 nitrogen and oxygen atoms in total. The number of piperidine rings is 1. The zero-order chi connectivity index (χ0) is 20.1. The van der Waals surface area contributed by atoms with Crippen molar-refractivity contribution in [3.63, 3.8) is 0 Å². The van der Waals surface area contributed by atoms with Crippen molar-refractivity contribution in [3.8, 4) is 0 Å². The van der Waals surface area contributed by atoms with E-state index < -0.39 is 0 Å². The molecule has 0 aromatic heterocycles. The molecule has 1 amide bonds. The molecule has 5 heteroatoms. The van der Waals surface area contributed by atoms with Crippen molar-refractivity contribution in [2.24, 2.45) is 17.1 Å². The molecule has 3 heterocycles. The van der Waals surface area contributed by atoms with E-state index in [1.54, 1.807) is 0 Å². The summed E-state index contributed by atoms with van der Waals surface area (Å²) in [5, 5.41) is 0. The highest BCUT2D eigenvalue weighted by molar-refractivity contribution is 5.76. The van der Waals surface area contributed by atoms with Crippen LogP contribution in [0.3, 0.4) is 0 Å². The molecule has 2 N–H and O–H groups in total. The van der Waals surface area contributed by atoms with Crippen LogP contribution in [0.4, 0.5) is 0 Å². The van der Waals surface area contributed by atoms with Crippen LogP contribution in [0.15, 0.2) is 24.3 Å². The van der Waals surface area contributed by atoms with Gasteiger partial charge in [-0.15, -0.1) is 0 Å². The van der Waals surface area contributed by atoms with Crippen molar-refractivity contribution >= 4 is 5.91 Å². The second kappa shape index (κ2) is 9.59. The first-order valence-corrected chi connectivity index (χ1v) is 11.5. The molecule has 1 aromatic rings. The lowest BCUT2D eigenvalue weighted by Crippen LogP contribution is -2.51. The first-order valence-electron chi connectivity index (χ1n) is 11.5. The van der Waals surface area contributed by atoms with Crippen molar-refractivity contribution < 1.29 is 9.53 Å². The number of carbonyl (C=O) groups excluding carboxylic acids is 1. The standard InChI is InChI=1S/C24H37N3O2/c25-11-3-7-23(28)27-17-22-6-2-1-5-21(22)15-24(19-27)10-4-12-26(18-24)16-20-8-13-29-14-9-20/h1-2,5-6,20H,3-4,7-19,25H2. The van der Waals surface area contributed by atoms with Crippen LogP contribution in [0.2, 0.25) is 0 Å². The molecule has 1 atom stereocenters. The number of amides is 1. The van der Waals surface area contributed by atoms with Gasteiger partial charge in [0, 0.05) is 51.2 Å². The molecule has 0 saturated carbocycles. The van der Waals surface area contributed by atoms with E-state index in [1.165, 1.54) is 49.9 Å². The van der Waals surface area contributed by atoms with Crippen LogP contribution in [-0.4, -0.2) is 61.6 Å². The van der Waals surface area contributed by atoms with Crippen LogP contribution in [0, 0.1) is 11.3 Å². The minimum Gasteiger partial charge on any atom is -0.381 e. The molecule has 3 aliphatic rings. The van der Waals surface area contributed by atoms with E-state index in [4.69, 9.17) is 10.5 Å². The largest absolute Gasteiger partial charge is 0.381 e. The van der Waals surface area contributed by atoms with Crippen LogP contribution in [-0.2, 0) is 22.5 Å². The second-order valence-corrected chi connectivity index (χ2v) is 9.48. The van der Waals surface area contributed by atoms with E-state index in [1.807, 2.05) is 0 Å². The van der Waals surface area contributed by atoms with Gasteiger partial charge < -0.3 is 20.3 Å². The quantitative estimate of drug-likeness (QED) is 0.827. The number of hydrogen-bond acceptors (Lipinski definition) is 4. The van der Waals surface area contributed by atoms with Crippen LogP contribution in [0.1, 0.15) is 49.7 Å². The summed E-state index contributed by atoms with van der Waals surface area (Å²) in [6.45, 7) is 7.55. The van der Waals surface area contributed by atoms with Gasteiger partial charge in [-0.2, -0.15) is 0 Å². The SMILES string of the molecule is NCCCC(=O)N1Cc2ccccc2CC2(CCCN(CC3CCOCC3)C2)C1. The van der Waals surface area contributed by atoms with Crippen molar-refractivity contribution in [2.75, 3.05) is 45.9 Å². The van der Waals surface area contributed by atoms with E-state index in [-0.39, 0.29) is 11.3 Å². The molecule has 1 unspecified atom stereocenters. The number of rotatable bonds is 5. The minimum absolute atomic E-state index is 0.175. The van der Waals surface area contributed by atoms with Crippen LogP contribution >= 0.6 is 0 Å². The van der Waals surface area contributed by atoms with E-state index in [0.29, 0.717) is 13.0 Å². The highest BCUT2D eigenvalue weighted by atomic mass is 16.5. The summed E-state index contributed by atoms with van der Waals surface area (Å²) in [6.07, 6.45) is 7.27. The molecule has 4 rings (SSSR count). The van der Waals surface area contributed by atoms with Crippen LogP contribution < -0.4 is 5.73 Å². The molecule has 160 valence electrons. The number of ether oxygens (including phenoxy) is 1. The Morgan fingerprint density at radius 1 is 1.17 bits per heavy atom. The molecule has 2 fully saturated rings. The third kappa shape index (κ3) is 5.19. The topological polar surface area (TPSA) is 58.8 Å². The summed E-state index contributed by atoms with van der Waals surface area (Å²) in [7, 11) is 0. The normalized spacial score (nSPS) is 26.3. The predicted molar refractivity (Wildman–Crippen MR) is 116 cm³/mol. The van der Waals surface area contributed by atoms with Gasteiger partial charge in [0.05, 0.1) is 0 Å². The number of likely N-dealkylation sites (tertiary alicyclic amines) is 1. The van der Waals surface area contributed by atoms with Gasteiger partial charge in [0.15, 0.2) is 0 Å². The molecular formula is C24H37N3O2. The highest BCUT2D eigenvalue weighted by Gasteiger charge is 2.40. The van der Waals surface area contributed by atoms with Crippen molar-refractivity contribution in [1.82, 2.24) is 9.80 Å². The fourth-order valence-corrected chi connectivity index (χ4v) is 5.63. The lowest BCUT2D eigenvalue weighted by molar-refractivity contribution is -0.134. The summed E-state index contributed by atoms with van der Waals surface area (Å²) in [5.41, 5.74) is 8.61. The monoisotopic (exact) mass is 399 g/mol. The fraction of sp³-hybridized carbons (Fsp3) is 0.708. The van der Waals surface area contributed by atoms with Gasteiger partial charge in [0.1, 0.15) is 0 Å². The average molecular weight is 400 g/mol. The Morgan fingerprint density at radius 2 is 1.97 bits per heavy atom. The van der Waals surface area contributed by atoms with Gasteiger partial charge in [0.2, 0.25) is 5.91 Å². The molecule has 29 heavy (non-hydrogen) atoms. The Hall–Kier alpha value is -1.43. The van der Waals surface area contributed by atoms with Crippen molar-refractivity contribution in [2.45, 2.75) is 51.5 Å². The van der Waals surface area contributed by atoms with Gasteiger partial charge in [-0.1, -0.05) is 24.3 Å². The molecule has 3 aliphatic heterocycles. The highest BCUT2D eigenvalue weighted by Crippen LogP contribution is 2.39. The van der Waals surface area contributed by atoms with Crippen molar-refractivity contribution in [3.05, 3.63) is 35.4 Å². The van der Waals surface area contributed by atoms with E-state index >= 15 is 0 Å². The van der Waals surface area contributed by atoms with E-state index in [2.05, 4.69) is 34.1 Å². The third-order valence-electron chi connectivity index (χ3n) is 7.12. The molecule has 1 spiro atoms. The summed E-state index contributed by atoms with van der Waals surface area (Å²) < 4.78 is 5.56. The summed E-state index contributed by atoms with van der Waals surface area (Å²) in [5.74, 6) is 1.03. The third-order valence-corrected chi connectivity index (χ3v) is 7.12. The first-order chi connectivity index (χ1) is 14.2. The molecule has 0 aliphatic carbocycles. The predicted octanol–water partition coefficient (Wildman–Crippen LogP) is 2.82. The molecule has 2 saturated heterocycles. The smallest absolute Gasteiger partial charge is 0.222 e. The Balaban J connectivity index is 1.52. The maximum Gasteiger partial charge on any atom is 0.222 e. The molecule has 1 aromatic carbocycles. The second-order valence-electron chi connectivity index (χ2n) is 9.48. The Morgan fingerprint density at radius 3 is 2.76 bits per heavy atom. The number of hydrogen-bond donors (Lipinski definition) is 1. The van der Waals surface area contributed by atoms with Crippen LogP contribution in [0.25, 0.3) is 0 Å². The Kier molecular flexibility index (Phi) is 6.88.